The van der Waals surface area contributed by atoms with E-state index in [1.165, 1.54) is 12.1 Å². The van der Waals surface area contributed by atoms with Gasteiger partial charge in [0.25, 0.3) is 5.91 Å². The van der Waals surface area contributed by atoms with Crippen LogP contribution in [0.1, 0.15) is 30.6 Å². The number of rotatable bonds is 5. The highest BCUT2D eigenvalue weighted by molar-refractivity contribution is 5.99. The molecule has 1 atom stereocenters. The lowest BCUT2D eigenvalue weighted by Gasteiger charge is -2.14. The van der Waals surface area contributed by atoms with Crippen molar-refractivity contribution in [1.29, 1.82) is 0 Å². The van der Waals surface area contributed by atoms with Crippen LogP contribution in [-0.2, 0) is 4.79 Å². The SMILES string of the molecule is CC(C)C[C@H](N)C(=O)Nc1ccc2oc(=O)c(C(=O)NN)cc2c1. The van der Waals surface area contributed by atoms with Crippen molar-refractivity contribution in [3.63, 3.8) is 0 Å². The van der Waals surface area contributed by atoms with Crippen LogP contribution in [0.3, 0.4) is 0 Å². The van der Waals surface area contributed by atoms with E-state index in [0.29, 0.717) is 23.4 Å². The fourth-order valence-corrected chi connectivity index (χ4v) is 2.29. The molecule has 2 rings (SSSR count). The molecule has 2 amide bonds. The van der Waals surface area contributed by atoms with E-state index in [4.69, 9.17) is 16.0 Å². The molecule has 0 aliphatic carbocycles. The molecule has 0 spiro atoms. The van der Waals surface area contributed by atoms with Gasteiger partial charge in [-0.15, -0.1) is 0 Å². The molecule has 0 radical (unpaired) electrons. The fraction of sp³-hybridized carbons (Fsp3) is 0.312. The smallest absolute Gasteiger partial charge is 0.349 e. The Hall–Kier alpha value is -2.71. The summed E-state index contributed by atoms with van der Waals surface area (Å²) in [5.41, 5.74) is 7.49. The predicted molar refractivity (Wildman–Crippen MR) is 90.2 cm³/mol. The first-order chi connectivity index (χ1) is 11.3. The number of nitrogen functional groups attached to an aromatic ring is 1. The Bertz CT molecular complexity index is 828. The number of hydrogen-bond donors (Lipinski definition) is 4. The van der Waals surface area contributed by atoms with Gasteiger partial charge in [0.15, 0.2) is 0 Å². The maximum absolute atomic E-state index is 12.1. The average molecular weight is 332 g/mol. The summed E-state index contributed by atoms with van der Waals surface area (Å²) in [7, 11) is 0. The highest BCUT2D eigenvalue weighted by Gasteiger charge is 2.16. The topological polar surface area (TPSA) is 140 Å². The van der Waals surface area contributed by atoms with Crippen molar-refractivity contribution in [1.82, 2.24) is 5.43 Å². The molecular formula is C16H20N4O4. The van der Waals surface area contributed by atoms with Crippen LogP contribution < -0.4 is 27.9 Å². The Morgan fingerprint density at radius 1 is 1.25 bits per heavy atom. The molecule has 0 bridgehead atoms. The summed E-state index contributed by atoms with van der Waals surface area (Å²) in [5, 5.41) is 3.18. The van der Waals surface area contributed by atoms with Gasteiger partial charge in [-0.3, -0.25) is 15.0 Å². The largest absolute Gasteiger partial charge is 0.422 e. The van der Waals surface area contributed by atoms with Gasteiger partial charge in [0.2, 0.25) is 5.91 Å². The Morgan fingerprint density at radius 2 is 1.96 bits per heavy atom. The maximum atomic E-state index is 12.1. The molecule has 2 aromatic rings. The summed E-state index contributed by atoms with van der Waals surface area (Å²) in [5.74, 6) is 4.28. The minimum atomic E-state index is -0.791. The summed E-state index contributed by atoms with van der Waals surface area (Å²) in [6.07, 6.45) is 0.565. The van der Waals surface area contributed by atoms with Gasteiger partial charge in [0, 0.05) is 11.1 Å². The lowest BCUT2D eigenvalue weighted by atomic mass is 10.0. The molecule has 0 fully saturated rings. The first-order valence-electron chi connectivity index (χ1n) is 7.47. The molecule has 24 heavy (non-hydrogen) atoms. The van der Waals surface area contributed by atoms with E-state index < -0.39 is 17.6 Å². The summed E-state index contributed by atoms with van der Waals surface area (Å²) in [6, 6.07) is 5.45. The molecule has 1 aromatic heterocycles. The van der Waals surface area contributed by atoms with Gasteiger partial charge in [-0.25, -0.2) is 10.6 Å². The number of benzene rings is 1. The number of hydrazine groups is 1. The number of anilines is 1. The molecule has 128 valence electrons. The van der Waals surface area contributed by atoms with E-state index in [0.717, 1.165) is 0 Å². The molecule has 0 saturated heterocycles. The standard InChI is InChI=1S/C16H20N4O4/c1-8(2)5-12(17)15(22)19-10-3-4-13-9(6-10)7-11(14(21)20-18)16(23)24-13/h3-4,6-8,12H,5,17-18H2,1-2H3,(H,19,22)(H,20,21)/t12-/m0/s1. The van der Waals surface area contributed by atoms with E-state index in [2.05, 4.69) is 5.32 Å². The minimum Gasteiger partial charge on any atom is -0.422 e. The Balaban J connectivity index is 2.30. The molecule has 0 unspecified atom stereocenters. The van der Waals surface area contributed by atoms with Crippen molar-refractivity contribution in [2.75, 3.05) is 5.32 Å². The zero-order chi connectivity index (χ0) is 17.9. The molecule has 0 aliphatic heterocycles. The van der Waals surface area contributed by atoms with Crippen molar-refractivity contribution < 1.29 is 14.0 Å². The van der Waals surface area contributed by atoms with Gasteiger partial charge >= 0.3 is 5.63 Å². The summed E-state index contributed by atoms with van der Waals surface area (Å²) in [4.78, 5) is 35.3. The third kappa shape index (κ3) is 3.98. The summed E-state index contributed by atoms with van der Waals surface area (Å²) >= 11 is 0. The van der Waals surface area contributed by atoms with E-state index in [9.17, 15) is 14.4 Å². The summed E-state index contributed by atoms with van der Waals surface area (Å²) < 4.78 is 5.07. The fourth-order valence-electron chi connectivity index (χ4n) is 2.29. The van der Waals surface area contributed by atoms with Crippen LogP contribution in [0.25, 0.3) is 11.0 Å². The molecule has 8 heteroatoms. The Kier molecular flexibility index (Phi) is 5.32. The monoisotopic (exact) mass is 332 g/mol. The third-order valence-corrected chi connectivity index (χ3v) is 3.44. The number of nitrogens with one attached hydrogen (secondary N) is 2. The van der Waals surface area contributed by atoms with Crippen molar-refractivity contribution in [3.05, 3.63) is 40.2 Å². The third-order valence-electron chi connectivity index (χ3n) is 3.44. The van der Waals surface area contributed by atoms with Gasteiger partial charge < -0.3 is 15.5 Å². The Labute approximate surface area is 138 Å². The average Bonchev–Trinajstić information content (AvgIpc) is 2.53. The zero-order valence-corrected chi connectivity index (χ0v) is 13.5. The van der Waals surface area contributed by atoms with Gasteiger partial charge in [0.05, 0.1) is 6.04 Å². The molecule has 6 N–H and O–H groups in total. The van der Waals surface area contributed by atoms with Crippen molar-refractivity contribution in [3.8, 4) is 0 Å². The normalized spacial score (nSPS) is 12.2. The maximum Gasteiger partial charge on any atom is 0.349 e. The predicted octanol–water partition coefficient (Wildman–Crippen LogP) is 0.708. The van der Waals surface area contributed by atoms with E-state index >= 15 is 0 Å². The second-order valence-corrected chi connectivity index (χ2v) is 5.90. The lowest BCUT2D eigenvalue weighted by Crippen LogP contribution is -2.36. The number of carbonyl (C=O) groups excluding carboxylic acids is 2. The van der Waals surface area contributed by atoms with Crippen LogP contribution in [0.4, 0.5) is 5.69 Å². The van der Waals surface area contributed by atoms with Crippen LogP contribution in [-0.4, -0.2) is 17.9 Å². The highest BCUT2D eigenvalue weighted by atomic mass is 16.4. The van der Waals surface area contributed by atoms with E-state index in [-0.39, 0.29) is 17.1 Å². The molecular weight excluding hydrogens is 312 g/mol. The molecule has 1 aromatic carbocycles. The molecule has 0 aliphatic rings. The van der Waals surface area contributed by atoms with Crippen molar-refractivity contribution in [2.45, 2.75) is 26.3 Å². The lowest BCUT2D eigenvalue weighted by molar-refractivity contribution is -0.117. The Morgan fingerprint density at radius 3 is 2.58 bits per heavy atom. The quantitative estimate of drug-likeness (QED) is 0.275. The number of carbonyl (C=O) groups is 2. The second kappa shape index (κ2) is 7.24. The van der Waals surface area contributed by atoms with Gasteiger partial charge in [-0.05, 0) is 36.6 Å². The number of fused-ring (bicyclic) bond motifs is 1. The van der Waals surface area contributed by atoms with Crippen LogP contribution >= 0.6 is 0 Å². The second-order valence-electron chi connectivity index (χ2n) is 5.90. The van der Waals surface area contributed by atoms with E-state index in [1.54, 1.807) is 12.1 Å². The minimum absolute atomic E-state index is 0.218. The van der Waals surface area contributed by atoms with Crippen LogP contribution in [0.5, 0.6) is 0 Å². The van der Waals surface area contributed by atoms with Crippen LogP contribution in [0.2, 0.25) is 0 Å². The van der Waals surface area contributed by atoms with E-state index in [1.807, 2.05) is 19.3 Å². The molecule has 1 heterocycles. The van der Waals surface area contributed by atoms with Gasteiger partial charge in [-0.2, -0.15) is 0 Å². The van der Waals surface area contributed by atoms with Gasteiger partial charge in [0.1, 0.15) is 11.1 Å². The first-order valence-corrected chi connectivity index (χ1v) is 7.47. The first kappa shape index (κ1) is 17.6. The zero-order valence-electron chi connectivity index (χ0n) is 13.5. The highest BCUT2D eigenvalue weighted by Crippen LogP contribution is 2.19. The number of hydrogen-bond acceptors (Lipinski definition) is 6. The summed E-state index contributed by atoms with van der Waals surface area (Å²) in [6.45, 7) is 3.96. The van der Waals surface area contributed by atoms with Crippen LogP contribution in [0, 0.1) is 5.92 Å². The van der Waals surface area contributed by atoms with Gasteiger partial charge in [-0.1, -0.05) is 13.8 Å². The molecule has 0 saturated carbocycles. The van der Waals surface area contributed by atoms with Crippen LogP contribution in [0.15, 0.2) is 33.5 Å². The number of amides is 2. The van der Waals surface area contributed by atoms with Crippen molar-refractivity contribution in [2.24, 2.45) is 17.5 Å². The number of nitrogens with two attached hydrogens (primary N) is 2. The van der Waals surface area contributed by atoms with Crippen molar-refractivity contribution >= 4 is 28.5 Å². The molecule has 8 nitrogen and oxygen atoms in total.